The van der Waals surface area contributed by atoms with Crippen molar-refractivity contribution in [2.45, 2.75) is 104 Å². The van der Waals surface area contributed by atoms with Crippen molar-refractivity contribution in [2.24, 2.45) is 52.8 Å². The number of carbonyl (C=O) groups excluding carboxylic acids is 1. The van der Waals surface area contributed by atoms with Gasteiger partial charge in [-0.15, -0.1) is 0 Å². The summed E-state index contributed by atoms with van der Waals surface area (Å²) in [6.07, 6.45) is 8.90. The Bertz CT molecular complexity index is 696. The lowest BCUT2D eigenvalue weighted by Crippen LogP contribution is -2.60. The Kier molecular flexibility index (Phi) is 5.73. The number of aliphatic hydroxyl groups is 2. The summed E-state index contributed by atoms with van der Waals surface area (Å²) in [6, 6.07) is 0.477. The van der Waals surface area contributed by atoms with Crippen LogP contribution in [0.5, 0.6) is 0 Å². The first-order valence-electron chi connectivity index (χ1n) is 13.4. The molecule has 2 heterocycles. The van der Waals surface area contributed by atoms with E-state index in [4.69, 9.17) is 0 Å². The Morgan fingerprint density at radius 3 is 2.48 bits per heavy atom. The fourth-order valence-electron chi connectivity index (χ4n) is 9.24. The Labute approximate surface area is 189 Å². The van der Waals surface area contributed by atoms with Crippen molar-refractivity contribution < 1.29 is 15.0 Å². The molecule has 0 unspecified atom stereocenters. The van der Waals surface area contributed by atoms with Crippen LogP contribution < -0.4 is 0 Å². The number of amides is 1. The van der Waals surface area contributed by atoms with Crippen molar-refractivity contribution in [2.75, 3.05) is 6.54 Å². The van der Waals surface area contributed by atoms with Gasteiger partial charge in [-0.25, -0.2) is 0 Å². The summed E-state index contributed by atoms with van der Waals surface area (Å²) in [5, 5.41) is 21.4. The van der Waals surface area contributed by atoms with Crippen molar-refractivity contribution in [1.29, 1.82) is 0 Å². The van der Waals surface area contributed by atoms with E-state index < -0.39 is 0 Å². The second-order valence-corrected chi connectivity index (χ2v) is 12.7. The molecule has 176 valence electrons. The molecular formula is C27H45NO3. The molecular weight excluding hydrogens is 386 g/mol. The molecule has 0 radical (unpaired) electrons. The van der Waals surface area contributed by atoms with Crippen LogP contribution in [-0.2, 0) is 4.79 Å². The van der Waals surface area contributed by atoms with Crippen LogP contribution in [-0.4, -0.2) is 45.8 Å². The molecule has 0 bridgehead atoms. The van der Waals surface area contributed by atoms with Gasteiger partial charge in [0.15, 0.2) is 0 Å². The molecule has 2 N–H and O–H groups in total. The summed E-state index contributed by atoms with van der Waals surface area (Å²) in [5.74, 6) is 4.34. The van der Waals surface area contributed by atoms with Gasteiger partial charge in [0.1, 0.15) is 0 Å². The minimum atomic E-state index is -0.299. The number of nitrogens with zero attached hydrogens (tertiary/aromatic N) is 1. The number of aliphatic hydroxyl groups excluding tert-OH is 2. The number of hydrogen-bond acceptors (Lipinski definition) is 3. The third-order valence-corrected chi connectivity index (χ3v) is 11.3. The van der Waals surface area contributed by atoms with Gasteiger partial charge in [0, 0.05) is 18.5 Å². The van der Waals surface area contributed by atoms with Crippen LogP contribution in [0.4, 0.5) is 0 Å². The number of carbonyl (C=O) groups is 1. The van der Waals surface area contributed by atoms with Crippen LogP contribution in [0, 0.1) is 52.8 Å². The van der Waals surface area contributed by atoms with Crippen LogP contribution in [0.25, 0.3) is 0 Å². The fraction of sp³-hybridized carbons (Fsp3) is 0.963. The lowest BCUT2D eigenvalue weighted by Gasteiger charge is -2.59. The molecule has 2 saturated heterocycles. The van der Waals surface area contributed by atoms with Crippen LogP contribution >= 0.6 is 0 Å². The number of piperidine rings is 2. The molecule has 2 aliphatic heterocycles. The van der Waals surface area contributed by atoms with Gasteiger partial charge in [-0.05, 0) is 105 Å². The van der Waals surface area contributed by atoms with E-state index in [9.17, 15) is 15.0 Å². The highest BCUT2D eigenvalue weighted by Crippen LogP contribution is 2.59. The summed E-state index contributed by atoms with van der Waals surface area (Å²) in [4.78, 5) is 15.9. The smallest absolute Gasteiger partial charge is 0.226 e. The molecule has 4 nitrogen and oxygen atoms in total. The van der Waals surface area contributed by atoms with Crippen molar-refractivity contribution in [3.8, 4) is 0 Å². The van der Waals surface area contributed by atoms with Crippen LogP contribution in [0.2, 0.25) is 0 Å². The monoisotopic (exact) mass is 431 g/mol. The van der Waals surface area contributed by atoms with Crippen molar-refractivity contribution in [3.05, 3.63) is 0 Å². The zero-order valence-corrected chi connectivity index (χ0v) is 20.2. The van der Waals surface area contributed by atoms with Crippen LogP contribution in [0.3, 0.4) is 0 Å². The maximum absolute atomic E-state index is 13.6. The molecule has 0 aromatic carbocycles. The van der Waals surface area contributed by atoms with Gasteiger partial charge < -0.3 is 15.1 Å². The minimum absolute atomic E-state index is 0.121. The van der Waals surface area contributed by atoms with E-state index in [2.05, 4.69) is 32.6 Å². The molecule has 31 heavy (non-hydrogen) atoms. The summed E-state index contributed by atoms with van der Waals surface area (Å²) < 4.78 is 0. The van der Waals surface area contributed by atoms with Gasteiger partial charge >= 0.3 is 0 Å². The zero-order valence-electron chi connectivity index (χ0n) is 20.2. The van der Waals surface area contributed by atoms with Gasteiger partial charge in [-0.3, -0.25) is 4.79 Å². The van der Waals surface area contributed by atoms with Crippen LogP contribution in [0.15, 0.2) is 0 Å². The van der Waals surface area contributed by atoms with E-state index >= 15 is 0 Å². The van der Waals surface area contributed by atoms with Crippen molar-refractivity contribution in [3.63, 3.8) is 0 Å². The second-order valence-electron chi connectivity index (χ2n) is 12.7. The topological polar surface area (TPSA) is 60.8 Å². The van der Waals surface area contributed by atoms with E-state index in [0.29, 0.717) is 47.5 Å². The van der Waals surface area contributed by atoms with E-state index in [1.54, 1.807) is 0 Å². The Morgan fingerprint density at radius 1 is 0.935 bits per heavy atom. The Balaban J connectivity index is 1.34. The van der Waals surface area contributed by atoms with E-state index in [1.165, 1.54) is 25.7 Å². The SMILES string of the molecule is C[C@H]1CC[C@H]2[C@H](C)[C@H]3CC[C@@H]([C@H]4C[C@@H](O)[C@H]5C[C@@H](O)CC[C@]5(C)[C@H]4C)C[C@@H]3C(=O)N2C1. The molecule has 3 saturated carbocycles. The van der Waals surface area contributed by atoms with Crippen molar-refractivity contribution in [1.82, 2.24) is 4.90 Å². The highest BCUT2D eigenvalue weighted by molar-refractivity contribution is 5.81. The maximum atomic E-state index is 13.6. The van der Waals surface area contributed by atoms with Gasteiger partial charge in [0.25, 0.3) is 0 Å². The molecule has 12 atom stereocenters. The normalized spacial score (nSPS) is 55.2. The predicted molar refractivity (Wildman–Crippen MR) is 122 cm³/mol. The molecule has 0 aromatic heterocycles. The van der Waals surface area contributed by atoms with E-state index in [0.717, 1.165) is 38.6 Å². The fourth-order valence-corrected chi connectivity index (χ4v) is 9.24. The average molecular weight is 432 g/mol. The summed E-state index contributed by atoms with van der Waals surface area (Å²) in [7, 11) is 0. The first-order valence-corrected chi connectivity index (χ1v) is 13.4. The standard InChI is InChI=1S/C27H45NO3/c1-15-5-8-24-16(2)20-7-6-18(11-22(20)26(31)28(24)14-15)21-13-25(30)23-12-19(29)9-10-27(23,4)17(21)3/h15-25,29-30H,5-14H2,1-4H3/t15-,16+,17-,18+,19-,20+,21-,22-,23+,24-,25+,27+/m0/s1. The van der Waals surface area contributed by atoms with E-state index in [1.807, 2.05) is 0 Å². The lowest BCUT2D eigenvalue weighted by atomic mass is 9.48. The van der Waals surface area contributed by atoms with Crippen molar-refractivity contribution >= 4 is 5.91 Å². The molecule has 0 aromatic rings. The third kappa shape index (κ3) is 3.50. The molecule has 5 rings (SSSR count). The van der Waals surface area contributed by atoms with Crippen LogP contribution in [0.1, 0.15) is 85.5 Å². The first-order chi connectivity index (χ1) is 14.7. The molecule has 1 amide bonds. The van der Waals surface area contributed by atoms with Gasteiger partial charge in [-0.1, -0.05) is 27.7 Å². The molecule has 5 fully saturated rings. The van der Waals surface area contributed by atoms with Gasteiger partial charge in [-0.2, -0.15) is 0 Å². The molecule has 3 aliphatic carbocycles. The molecule has 5 aliphatic rings. The number of hydrogen-bond donors (Lipinski definition) is 2. The largest absolute Gasteiger partial charge is 0.393 e. The highest BCUT2D eigenvalue weighted by atomic mass is 16.3. The van der Waals surface area contributed by atoms with Gasteiger partial charge in [0.05, 0.1) is 12.2 Å². The quantitative estimate of drug-likeness (QED) is 0.643. The minimum Gasteiger partial charge on any atom is -0.393 e. The Hall–Kier alpha value is -0.610. The highest BCUT2D eigenvalue weighted by Gasteiger charge is 2.56. The number of fused-ring (bicyclic) bond motifs is 3. The zero-order chi connectivity index (χ0) is 22.1. The summed E-state index contributed by atoms with van der Waals surface area (Å²) >= 11 is 0. The molecule has 0 spiro atoms. The van der Waals surface area contributed by atoms with Gasteiger partial charge in [0.2, 0.25) is 5.91 Å². The maximum Gasteiger partial charge on any atom is 0.226 e. The summed E-state index contributed by atoms with van der Waals surface area (Å²) in [6.45, 7) is 10.5. The third-order valence-electron chi connectivity index (χ3n) is 11.3. The lowest BCUT2D eigenvalue weighted by molar-refractivity contribution is -0.163. The second kappa shape index (κ2) is 8.01. The first kappa shape index (κ1) is 22.2. The number of rotatable bonds is 1. The Morgan fingerprint density at radius 2 is 1.71 bits per heavy atom. The predicted octanol–water partition coefficient (Wildman–Crippen LogP) is 4.48. The molecule has 4 heteroatoms. The van der Waals surface area contributed by atoms with E-state index in [-0.39, 0.29) is 29.5 Å². The average Bonchev–Trinajstić information content (AvgIpc) is 2.75. The summed E-state index contributed by atoms with van der Waals surface area (Å²) in [5.41, 5.74) is 0.121.